The van der Waals surface area contributed by atoms with Crippen LogP contribution >= 0.6 is 0 Å². The second kappa shape index (κ2) is 3.55. The predicted octanol–water partition coefficient (Wildman–Crippen LogP) is 1.66. The summed E-state index contributed by atoms with van der Waals surface area (Å²) in [4.78, 5) is 0. The van der Waals surface area contributed by atoms with E-state index in [2.05, 4.69) is 5.92 Å². The Bertz CT molecular complexity index is 146. The summed E-state index contributed by atoms with van der Waals surface area (Å²) in [5.74, 6) is 4.73. The van der Waals surface area contributed by atoms with Crippen LogP contribution in [0.4, 0.5) is 8.78 Å². The maximum Gasteiger partial charge on any atom is 0.298 e. The standard InChI is InChI=1S/C8H5F2/c9-8(10)6-5-7-3-1-2-4-7/h1-4,8H. The van der Waals surface area contributed by atoms with E-state index in [1.54, 1.807) is 31.6 Å². The number of alkyl halides is 2. The molecule has 2 heteroatoms. The predicted molar refractivity (Wildman–Crippen MR) is 34.2 cm³/mol. The number of hydrogen-bond donors (Lipinski definition) is 0. The van der Waals surface area contributed by atoms with Gasteiger partial charge >= 0.3 is 0 Å². The van der Waals surface area contributed by atoms with Gasteiger partial charge in [-0.3, -0.25) is 0 Å². The monoisotopic (exact) mass is 139 g/mol. The highest BCUT2D eigenvalue weighted by Gasteiger charge is 2.14. The van der Waals surface area contributed by atoms with E-state index < -0.39 is 6.43 Å². The van der Waals surface area contributed by atoms with Gasteiger partial charge in [-0.15, -0.1) is 0 Å². The van der Waals surface area contributed by atoms with E-state index in [1.807, 2.05) is 0 Å². The third kappa shape index (κ3) is 2.34. The first kappa shape index (κ1) is 7.53. The molecule has 0 saturated heterocycles. The minimum Gasteiger partial charge on any atom is -0.196 e. The van der Waals surface area contributed by atoms with Crippen LogP contribution < -0.4 is 0 Å². The van der Waals surface area contributed by atoms with E-state index in [9.17, 15) is 8.78 Å². The topological polar surface area (TPSA) is 0 Å². The molecule has 1 rings (SSSR count). The zero-order valence-electron chi connectivity index (χ0n) is 5.14. The summed E-state index contributed by atoms with van der Waals surface area (Å²) < 4.78 is 22.9. The van der Waals surface area contributed by atoms with Gasteiger partial charge in [0.1, 0.15) is 0 Å². The summed E-state index contributed by atoms with van der Waals surface area (Å²) in [6.07, 6.45) is 4.37. The lowest BCUT2D eigenvalue weighted by Crippen LogP contribution is -1.88. The van der Waals surface area contributed by atoms with Crippen LogP contribution in [-0.4, -0.2) is 6.43 Å². The van der Waals surface area contributed by atoms with Crippen LogP contribution in [0.3, 0.4) is 0 Å². The normalized spacial score (nSPS) is 19.1. The van der Waals surface area contributed by atoms with Gasteiger partial charge in [-0.25, -0.2) is 0 Å². The van der Waals surface area contributed by atoms with Crippen molar-refractivity contribution < 1.29 is 8.78 Å². The van der Waals surface area contributed by atoms with Gasteiger partial charge in [0, 0.05) is 0 Å². The van der Waals surface area contributed by atoms with Crippen molar-refractivity contribution in [3.8, 4) is 11.8 Å². The minimum atomic E-state index is -2.53. The third-order valence-electron chi connectivity index (χ3n) is 0.988. The molecule has 1 saturated carbocycles. The average Bonchev–Trinajstić information content (AvgIpc) is 2.34. The van der Waals surface area contributed by atoms with Gasteiger partial charge in [0.05, 0.1) is 5.92 Å². The lowest BCUT2D eigenvalue weighted by Gasteiger charge is -1.91. The van der Waals surface area contributed by atoms with Gasteiger partial charge in [-0.05, 0) is 31.6 Å². The van der Waals surface area contributed by atoms with Crippen LogP contribution in [0, 0.1) is 43.4 Å². The largest absolute Gasteiger partial charge is 0.298 e. The van der Waals surface area contributed by atoms with Crippen LogP contribution in [-0.2, 0) is 0 Å². The van der Waals surface area contributed by atoms with E-state index in [-0.39, 0.29) is 0 Å². The van der Waals surface area contributed by atoms with Crippen LogP contribution in [0.15, 0.2) is 0 Å². The van der Waals surface area contributed by atoms with Crippen molar-refractivity contribution in [2.45, 2.75) is 6.43 Å². The SMILES string of the molecule is FC(F)C#C[C]1[CH][CH][CH][CH]1. The smallest absolute Gasteiger partial charge is 0.196 e. The number of hydrogen-bond acceptors (Lipinski definition) is 0. The van der Waals surface area contributed by atoms with E-state index >= 15 is 0 Å². The Morgan fingerprint density at radius 1 is 1.20 bits per heavy atom. The number of halogens is 2. The van der Waals surface area contributed by atoms with Crippen molar-refractivity contribution in [2.75, 3.05) is 0 Å². The second-order valence-electron chi connectivity index (χ2n) is 1.74. The summed E-state index contributed by atoms with van der Waals surface area (Å²) >= 11 is 0. The fourth-order valence-corrected chi connectivity index (χ4v) is 0.595. The Kier molecular flexibility index (Phi) is 2.68. The molecule has 51 valence electrons. The molecule has 0 unspecified atom stereocenters. The van der Waals surface area contributed by atoms with Gasteiger partial charge < -0.3 is 0 Å². The highest BCUT2D eigenvalue weighted by molar-refractivity contribution is 5.46. The number of rotatable bonds is 0. The molecule has 10 heavy (non-hydrogen) atoms. The zero-order valence-corrected chi connectivity index (χ0v) is 5.14. The molecular formula is C8H5F2. The van der Waals surface area contributed by atoms with Crippen LogP contribution in [0.5, 0.6) is 0 Å². The Morgan fingerprint density at radius 2 is 1.80 bits per heavy atom. The molecule has 1 aliphatic rings. The van der Waals surface area contributed by atoms with Gasteiger partial charge in [-0.1, -0.05) is 5.92 Å². The van der Waals surface area contributed by atoms with Crippen molar-refractivity contribution in [1.29, 1.82) is 0 Å². The molecule has 0 N–H and O–H groups in total. The summed E-state index contributed by atoms with van der Waals surface area (Å²) in [7, 11) is 0. The zero-order chi connectivity index (χ0) is 7.40. The molecule has 0 aromatic carbocycles. The lowest BCUT2D eigenvalue weighted by atomic mass is 10.1. The Morgan fingerprint density at radius 3 is 2.30 bits per heavy atom. The Balaban J connectivity index is 2.31. The summed E-state index contributed by atoms with van der Waals surface area (Å²) in [5, 5.41) is 0. The molecule has 0 amide bonds. The molecule has 0 spiro atoms. The average molecular weight is 139 g/mol. The van der Waals surface area contributed by atoms with Crippen molar-refractivity contribution in [3.63, 3.8) is 0 Å². The fourth-order valence-electron chi connectivity index (χ4n) is 0.595. The molecule has 0 atom stereocenters. The van der Waals surface area contributed by atoms with Gasteiger partial charge in [-0.2, -0.15) is 8.78 Å². The molecule has 0 aliphatic heterocycles. The van der Waals surface area contributed by atoms with Gasteiger partial charge in [0.15, 0.2) is 0 Å². The first-order valence-electron chi connectivity index (χ1n) is 2.80. The van der Waals surface area contributed by atoms with E-state index in [0.717, 1.165) is 0 Å². The van der Waals surface area contributed by atoms with Crippen molar-refractivity contribution >= 4 is 0 Å². The highest BCUT2D eigenvalue weighted by atomic mass is 19.3. The van der Waals surface area contributed by atoms with Crippen LogP contribution in [0.25, 0.3) is 0 Å². The molecule has 1 fully saturated rings. The van der Waals surface area contributed by atoms with Crippen molar-refractivity contribution in [1.82, 2.24) is 0 Å². The molecular weight excluding hydrogens is 134 g/mol. The van der Waals surface area contributed by atoms with Crippen molar-refractivity contribution in [2.24, 2.45) is 0 Å². The molecule has 0 nitrogen and oxygen atoms in total. The fraction of sp³-hybridized carbons (Fsp3) is 0.125. The first-order chi connectivity index (χ1) is 4.79. The first-order valence-corrected chi connectivity index (χ1v) is 2.80. The maximum absolute atomic E-state index is 11.5. The van der Waals surface area contributed by atoms with Crippen molar-refractivity contribution in [3.05, 3.63) is 31.6 Å². The van der Waals surface area contributed by atoms with Gasteiger partial charge in [0.25, 0.3) is 6.43 Å². The second-order valence-corrected chi connectivity index (χ2v) is 1.74. The van der Waals surface area contributed by atoms with E-state index in [1.165, 1.54) is 0 Å². The molecule has 0 aromatic rings. The molecule has 0 bridgehead atoms. The minimum absolute atomic E-state index is 0.639. The van der Waals surface area contributed by atoms with Crippen LogP contribution in [0.2, 0.25) is 0 Å². The lowest BCUT2D eigenvalue weighted by molar-refractivity contribution is 0.215. The molecule has 0 heterocycles. The summed E-state index contributed by atoms with van der Waals surface area (Å²) in [6, 6.07) is 0. The molecule has 5 radical (unpaired) electrons. The highest BCUT2D eigenvalue weighted by Crippen LogP contribution is 2.21. The van der Waals surface area contributed by atoms with Crippen LogP contribution in [0.1, 0.15) is 0 Å². The van der Waals surface area contributed by atoms with E-state index in [0.29, 0.717) is 5.92 Å². The molecule has 0 aromatic heterocycles. The Hall–Kier alpha value is -0.580. The maximum atomic E-state index is 11.5. The van der Waals surface area contributed by atoms with Gasteiger partial charge in [0.2, 0.25) is 0 Å². The van der Waals surface area contributed by atoms with E-state index in [4.69, 9.17) is 0 Å². The third-order valence-corrected chi connectivity index (χ3v) is 0.988. The quantitative estimate of drug-likeness (QED) is 0.448. The Labute approximate surface area is 59.6 Å². The molecule has 1 aliphatic carbocycles. The summed E-state index contributed by atoms with van der Waals surface area (Å²) in [5.41, 5.74) is 0. The summed E-state index contributed by atoms with van der Waals surface area (Å²) in [6.45, 7) is 0.